The van der Waals surface area contributed by atoms with Crippen molar-refractivity contribution in [1.29, 1.82) is 0 Å². The maximum absolute atomic E-state index is 11.9. The molecule has 0 atom stereocenters. The fourth-order valence-corrected chi connectivity index (χ4v) is 1.93. The van der Waals surface area contributed by atoms with Gasteiger partial charge < -0.3 is 15.4 Å². The van der Waals surface area contributed by atoms with Crippen molar-refractivity contribution in [2.45, 2.75) is 39.5 Å². The van der Waals surface area contributed by atoms with Crippen LogP contribution in [0.3, 0.4) is 0 Å². The number of benzene rings is 1. The third-order valence-electron chi connectivity index (χ3n) is 3.43. The van der Waals surface area contributed by atoms with Crippen LogP contribution in [0.25, 0.3) is 6.08 Å². The van der Waals surface area contributed by atoms with Gasteiger partial charge in [0.05, 0.1) is 12.3 Å². The van der Waals surface area contributed by atoms with Crippen molar-refractivity contribution in [3.05, 3.63) is 29.8 Å². The number of hydrogen-bond donors (Lipinski definition) is 1. The number of carbonyl (C=O) groups is 1. The van der Waals surface area contributed by atoms with Gasteiger partial charge in [0.1, 0.15) is 5.75 Å². The van der Waals surface area contributed by atoms with Gasteiger partial charge in [-0.1, -0.05) is 32.8 Å². The summed E-state index contributed by atoms with van der Waals surface area (Å²) in [6.07, 6.45) is 7.58. The number of likely N-dealkylation sites (N-methyl/N-ethyl adjacent to an activating group) is 1. The molecular weight excluding hydrogens is 276 g/mol. The Hall–Kier alpha value is -1.97. The van der Waals surface area contributed by atoms with Crippen LogP contribution in [-0.2, 0) is 4.79 Å². The molecule has 0 fully saturated rings. The standard InChI is InChI=1S/C18H28N2O2/c1-4-6-12-20(3)18(21)11-9-15-8-10-17(16(19)14-15)22-13-7-5-2/h8-11,14H,4-7,12-13,19H2,1-3H3/b11-9-. The van der Waals surface area contributed by atoms with Gasteiger partial charge >= 0.3 is 0 Å². The first-order valence-electron chi connectivity index (χ1n) is 8.04. The quantitative estimate of drug-likeness (QED) is 0.430. The predicted molar refractivity (Wildman–Crippen MR) is 92.8 cm³/mol. The Labute approximate surface area is 133 Å². The molecule has 0 saturated heterocycles. The number of anilines is 1. The third kappa shape index (κ3) is 6.20. The van der Waals surface area contributed by atoms with Crippen LogP contribution in [0.2, 0.25) is 0 Å². The number of carbonyl (C=O) groups excluding carboxylic acids is 1. The summed E-state index contributed by atoms with van der Waals surface area (Å²) >= 11 is 0. The maximum Gasteiger partial charge on any atom is 0.246 e. The van der Waals surface area contributed by atoms with Crippen molar-refractivity contribution >= 4 is 17.7 Å². The molecule has 1 aromatic carbocycles. The van der Waals surface area contributed by atoms with Gasteiger partial charge in [-0.05, 0) is 36.6 Å². The first kappa shape index (κ1) is 18.1. The maximum atomic E-state index is 11.9. The van der Waals surface area contributed by atoms with Crippen LogP contribution in [-0.4, -0.2) is 31.0 Å². The van der Waals surface area contributed by atoms with Crippen LogP contribution in [0.1, 0.15) is 45.1 Å². The average molecular weight is 304 g/mol. The molecule has 0 aliphatic heterocycles. The highest BCUT2D eigenvalue weighted by Crippen LogP contribution is 2.23. The molecule has 0 aliphatic carbocycles. The van der Waals surface area contributed by atoms with E-state index in [4.69, 9.17) is 10.5 Å². The van der Waals surface area contributed by atoms with E-state index in [0.29, 0.717) is 18.0 Å². The van der Waals surface area contributed by atoms with E-state index in [1.807, 2.05) is 25.2 Å². The Morgan fingerprint density at radius 3 is 2.64 bits per heavy atom. The lowest BCUT2D eigenvalue weighted by Crippen LogP contribution is -2.25. The number of amides is 1. The summed E-state index contributed by atoms with van der Waals surface area (Å²) in [5.74, 6) is 0.715. The van der Waals surface area contributed by atoms with Crippen LogP contribution >= 0.6 is 0 Å². The van der Waals surface area contributed by atoms with E-state index in [1.165, 1.54) is 0 Å². The Morgan fingerprint density at radius 2 is 2.00 bits per heavy atom. The van der Waals surface area contributed by atoms with Gasteiger partial charge in [-0.25, -0.2) is 0 Å². The van der Waals surface area contributed by atoms with Crippen molar-refractivity contribution < 1.29 is 9.53 Å². The number of nitrogens with two attached hydrogens (primary N) is 1. The Morgan fingerprint density at radius 1 is 1.27 bits per heavy atom. The normalized spacial score (nSPS) is 10.9. The lowest BCUT2D eigenvalue weighted by Gasteiger charge is -2.14. The minimum absolute atomic E-state index is 0.00953. The smallest absolute Gasteiger partial charge is 0.246 e. The van der Waals surface area contributed by atoms with Gasteiger partial charge in [-0.15, -0.1) is 0 Å². The molecule has 2 N–H and O–H groups in total. The summed E-state index contributed by atoms with van der Waals surface area (Å²) in [6.45, 7) is 5.69. The fourth-order valence-electron chi connectivity index (χ4n) is 1.93. The first-order chi connectivity index (χ1) is 10.6. The van der Waals surface area contributed by atoms with Crippen molar-refractivity contribution in [3.8, 4) is 5.75 Å². The Kier molecular flexibility index (Phi) is 8.11. The number of rotatable bonds is 9. The molecule has 122 valence electrons. The van der Waals surface area contributed by atoms with Crippen LogP contribution in [0.4, 0.5) is 5.69 Å². The van der Waals surface area contributed by atoms with Crippen molar-refractivity contribution in [2.75, 3.05) is 25.9 Å². The number of unbranched alkanes of at least 4 members (excludes halogenated alkanes) is 2. The summed E-state index contributed by atoms with van der Waals surface area (Å²) < 4.78 is 5.62. The summed E-state index contributed by atoms with van der Waals surface area (Å²) in [5, 5.41) is 0. The molecular formula is C18H28N2O2. The SMILES string of the molecule is CCCCOc1ccc(/C=C\C(=O)N(C)CCCC)cc1N. The van der Waals surface area contributed by atoms with E-state index >= 15 is 0 Å². The summed E-state index contributed by atoms with van der Waals surface area (Å²) in [6, 6.07) is 5.60. The zero-order valence-corrected chi connectivity index (χ0v) is 14.0. The molecule has 1 amide bonds. The van der Waals surface area contributed by atoms with E-state index in [1.54, 1.807) is 17.1 Å². The van der Waals surface area contributed by atoms with Gasteiger partial charge in [0.2, 0.25) is 5.91 Å². The summed E-state index contributed by atoms with van der Waals surface area (Å²) in [5.41, 5.74) is 7.48. The molecule has 1 aromatic rings. The lowest BCUT2D eigenvalue weighted by atomic mass is 10.1. The van der Waals surface area contributed by atoms with E-state index in [-0.39, 0.29) is 5.91 Å². The van der Waals surface area contributed by atoms with E-state index in [9.17, 15) is 4.79 Å². The number of hydrogen-bond acceptors (Lipinski definition) is 3. The molecule has 22 heavy (non-hydrogen) atoms. The van der Waals surface area contributed by atoms with E-state index in [2.05, 4.69) is 13.8 Å². The van der Waals surface area contributed by atoms with E-state index in [0.717, 1.165) is 37.8 Å². The predicted octanol–water partition coefficient (Wildman–Crippen LogP) is 3.72. The molecule has 0 bridgehead atoms. The monoisotopic (exact) mass is 304 g/mol. The second-order valence-electron chi connectivity index (χ2n) is 5.45. The van der Waals surface area contributed by atoms with Crippen LogP contribution in [0.5, 0.6) is 5.75 Å². The van der Waals surface area contributed by atoms with Gasteiger partial charge in [0, 0.05) is 19.7 Å². The summed E-state index contributed by atoms with van der Waals surface area (Å²) in [7, 11) is 1.82. The van der Waals surface area contributed by atoms with Crippen molar-refractivity contribution in [2.24, 2.45) is 0 Å². The zero-order valence-electron chi connectivity index (χ0n) is 14.0. The van der Waals surface area contributed by atoms with Gasteiger partial charge in [0.15, 0.2) is 0 Å². The fraction of sp³-hybridized carbons (Fsp3) is 0.500. The number of nitrogen functional groups attached to an aromatic ring is 1. The van der Waals surface area contributed by atoms with Crippen LogP contribution < -0.4 is 10.5 Å². The van der Waals surface area contributed by atoms with Crippen molar-refractivity contribution in [1.82, 2.24) is 4.90 Å². The molecule has 0 saturated carbocycles. The Balaban J connectivity index is 2.60. The third-order valence-corrected chi connectivity index (χ3v) is 3.43. The highest BCUT2D eigenvalue weighted by atomic mass is 16.5. The minimum Gasteiger partial charge on any atom is -0.491 e. The summed E-state index contributed by atoms with van der Waals surface area (Å²) in [4.78, 5) is 13.7. The topological polar surface area (TPSA) is 55.6 Å². The van der Waals surface area contributed by atoms with Crippen LogP contribution in [0, 0.1) is 0 Å². The molecule has 4 nitrogen and oxygen atoms in total. The zero-order chi connectivity index (χ0) is 16.4. The second-order valence-corrected chi connectivity index (χ2v) is 5.45. The largest absolute Gasteiger partial charge is 0.491 e. The highest BCUT2D eigenvalue weighted by molar-refractivity contribution is 5.91. The van der Waals surface area contributed by atoms with Crippen molar-refractivity contribution in [3.63, 3.8) is 0 Å². The molecule has 4 heteroatoms. The van der Waals surface area contributed by atoms with Crippen LogP contribution in [0.15, 0.2) is 24.3 Å². The molecule has 0 spiro atoms. The Bertz CT molecular complexity index is 498. The molecule has 0 radical (unpaired) electrons. The van der Waals surface area contributed by atoms with Gasteiger partial charge in [-0.3, -0.25) is 4.79 Å². The lowest BCUT2D eigenvalue weighted by molar-refractivity contribution is -0.124. The first-order valence-corrected chi connectivity index (χ1v) is 8.04. The van der Waals surface area contributed by atoms with Gasteiger partial charge in [0.25, 0.3) is 0 Å². The molecule has 0 aromatic heterocycles. The number of nitrogens with zero attached hydrogens (tertiary/aromatic N) is 1. The average Bonchev–Trinajstić information content (AvgIpc) is 2.52. The molecule has 0 unspecified atom stereocenters. The second kappa shape index (κ2) is 9.87. The highest BCUT2D eigenvalue weighted by Gasteiger charge is 2.04. The number of ether oxygens (including phenoxy) is 1. The van der Waals surface area contributed by atoms with E-state index < -0.39 is 0 Å². The molecule has 0 heterocycles. The molecule has 0 aliphatic rings. The molecule has 1 rings (SSSR count). The minimum atomic E-state index is 0.00953. The van der Waals surface area contributed by atoms with Gasteiger partial charge in [-0.2, -0.15) is 0 Å².